The van der Waals surface area contributed by atoms with Crippen LogP contribution < -0.4 is 5.32 Å². The second-order valence-corrected chi connectivity index (χ2v) is 8.08. The number of carbonyl (C=O) groups is 1. The highest BCUT2D eigenvalue weighted by Crippen LogP contribution is 2.20. The first-order valence-electron chi connectivity index (χ1n) is 8.97. The van der Waals surface area contributed by atoms with Crippen LogP contribution in [0.4, 0.5) is 10.1 Å². The normalized spacial score (nSPS) is 15.6. The third-order valence-electron chi connectivity index (χ3n) is 4.45. The molecule has 4 nitrogen and oxygen atoms in total. The molecule has 1 fully saturated rings. The minimum absolute atomic E-state index is 0.0617. The van der Waals surface area contributed by atoms with Crippen molar-refractivity contribution in [2.75, 3.05) is 50.3 Å². The highest BCUT2D eigenvalue weighted by Gasteiger charge is 2.18. The van der Waals surface area contributed by atoms with E-state index in [1.807, 2.05) is 36.0 Å². The van der Waals surface area contributed by atoms with Crippen molar-refractivity contribution in [2.45, 2.75) is 4.90 Å². The van der Waals surface area contributed by atoms with Gasteiger partial charge in [0.1, 0.15) is 5.82 Å². The smallest absolute Gasteiger partial charge is 0.238 e. The third-order valence-corrected chi connectivity index (χ3v) is 5.69. The standard InChI is InChI=1S/C20H23ClFN3OS/c21-16-1-7-19(8-2-16)27-14-13-24-9-11-25(12-10-24)15-20(26)23-18-5-3-17(22)4-6-18/h1-8H,9-15H2,(H,23,26). The molecule has 1 N–H and O–H groups in total. The molecular weight excluding hydrogens is 385 g/mol. The Kier molecular flexibility index (Phi) is 7.52. The minimum atomic E-state index is -0.307. The molecule has 1 aliphatic heterocycles. The van der Waals surface area contributed by atoms with Crippen LogP contribution in [0.15, 0.2) is 53.4 Å². The fourth-order valence-electron chi connectivity index (χ4n) is 2.93. The molecule has 2 aromatic rings. The van der Waals surface area contributed by atoms with Crippen LogP contribution in [0.25, 0.3) is 0 Å². The number of anilines is 1. The maximum Gasteiger partial charge on any atom is 0.238 e. The Bertz CT molecular complexity index is 734. The van der Waals surface area contributed by atoms with Crippen LogP contribution in [0, 0.1) is 5.82 Å². The van der Waals surface area contributed by atoms with Gasteiger partial charge in [-0.15, -0.1) is 11.8 Å². The van der Waals surface area contributed by atoms with Gasteiger partial charge in [-0.1, -0.05) is 11.6 Å². The number of rotatable bonds is 7. The molecule has 0 atom stereocenters. The van der Waals surface area contributed by atoms with Gasteiger partial charge < -0.3 is 5.32 Å². The van der Waals surface area contributed by atoms with E-state index in [2.05, 4.69) is 15.1 Å². The van der Waals surface area contributed by atoms with E-state index in [1.54, 1.807) is 12.1 Å². The zero-order valence-electron chi connectivity index (χ0n) is 15.0. The van der Waals surface area contributed by atoms with Crippen molar-refractivity contribution < 1.29 is 9.18 Å². The van der Waals surface area contributed by atoms with Crippen molar-refractivity contribution >= 4 is 35.0 Å². The summed E-state index contributed by atoms with van der Waals surface area (Å²) >= 11 is 7.73. The molecule has 0 radical (unpaired) electrons. The molecule has 1 saturated heterocycles. The molecule has 0 bridgehead atoms. The number of benzene rings is 2. The van der Waals surface area contributed by atoms with E-state index < -0.39 is 0 Å². The minimum Gasteiger partial charge on any atom is -0.325 e. The van der Waals surface area contributed by atoms with Gasteiger partial charge in [-0.25, -0.2) is 4.39 Å². The summed E-state index contributed by atoms with van der Waals surface area (Å²) in [6.07, 6.45) is 0. The molecule has 1 aliphatic rings. The monoisotopic (exact) mass is 407 g/mol. The lowest BCUT2D eigenvalue weighted by Gasteiger charge is -2.34. The average Bonchev–Trinajstić information content (AvgIpc) is 2.67. The highest BCUT2D eigenvalue weighted by molar-refractivity contribution is 7.99. The van der Waals surface area contributed by atoms with E-state index in [0.717, 1.165) is 43.5 Å². The van der Waals surface area contributed by atoms with Crippen LogP contribution >= 0.6 is 23.4 Å². The van der Waals surface area contributed by atoms with Gasteiger partial charge in [0, 0.05) is 54.1 Å². The Balaban J connectivity index is 1.33. The molecule has 0 spiro atoms. The summed E-state index contributed by atoms with van der Waals surface area (Å²) in [7, 11) is 0. The number of halogens is 2. The molecule has 1 amide bonds. The lowest BCUT2D eigenvalue weighted by atomic mass is 10.3. The lowest BCUT2D eigenvalue weighted by molar-refractivity contribution is -0.117. The quantitative estimate of drug-likeness (QED) is 0.707. The van der Waals surface area contributed by atoms with E-state index in [4.69, 9.17) is 11.6 Å². The Labute approximate surface area is 168 Å². The van der Waals surface area contributed by atoms with Crippen LogP contribution in [0.2, 0.25) is 5.02 Å². The summed E-state index contributed by atoms with van der Waals surface area (Å²) < 4.78 is 12.9. The van der Waals surface area contributed by atoms with Crippen LogP contribution in [-0.2, 0) is 4.79 Å². The maximum absolute atomic E-state index is 12.9. The highest BCUT2D eigenvalue weighted by atomic mass is 35.5. The zero-order chi connectivity index (χ0) is 19.1. The van der Waals surface area contributed by atoms with E-state index in [1.165, 1.54) is 17.0 Å². The number of thioether (sulfide) groups is 1. The van der Waals surface area contributed by atoms with Crippen LogP contribution in [-0.4, -0.2) is 60.7 Å². The van der Waals surface area contributed by atoms with Gasteiger partial charge >= 0.3 is 0 Å². The SMILES string of the molecule is O=C(CN1CCN(CCSc2ccc(Cl)cc2)CC1)Nc1ccc(F)cc1. The fourth-order valence-corrected chi connectivity index (χ4v) is 3.97. The maximum atomic E-state index is 12.9. The van der Waals surface area contributed by atoms with Crippen LogP contribution in [0.5, 0.6) is 0 Å². The van der Waals surface area contributed by atoms with Crippen LogP contribution in [0.3, 0.4) is 0 Å². The molecule has 2 aromatic carbocycles. The predicted molar refractivity (Wildman–Crippen MR) is 110 cm³/mol. The number of hydrogen-bond acceptors (Lipinski definition) is 4. The van der Waals surface area contributed by atoms with Crippen molar-refractivity contribution in [3.05, 3.63) is 59.4 Å². The molecule has 144 valence electrons. The van der Waals surface area contributed by atoms with Gasteiger partial charge in [0.15, 0.2) is 0 Å². The van der Waals surface area contributed by atoms with Crippen molar-refractivity contribution in [2.24, 2.45) is 0 Å². The first kappa shape index (κ1) is 20.1. The molecule has 0 aromatic heterocycles. The first-order chi connectivity index (χ1) is 13.1. The van der Waals surface area contributed by atoms with Crippen molar-refractivity contribution in [3.8, 4) is 0 Å². The third kappa shape index (κ3) is 6.81. The van der Waals surface area contributed by atoms with Gasteiger partial charge in [-0.05, 0) is 48.5 Å². The fraction of sp³-hybridized carbons (Fsp3) is 0.350. The second-order valence-electron chi connectivity index (χ2n) is 6.48. The van der Waals surface area contributed by atoms with E-state index in [9.17, 15) is 9.18 Å². The lowest BCUT2D eigenvalue weighted by Crippen LogP contribution is -2.49. The zero-order valence-corrected chi connectivity index (χ0v) is 16.6. The number of nitrogens with one attached hydrogen (secondary N) is 1. The molecule has 0 unspecified atom stereocenters. The van der Waals surface area contributed by atoms with Gasteiger partial charge in [-0.2, -0.15) is 0 Å². The topological polar surface area (TPSA) is 35.6 Å². The van der Waals surface area contributed by atoms with Gasteiger partial charge in [0.25, 0.3) is 0 Å². The Morgan fingerprint density at radius 1 is 1.00 bits per heavy atom. The van der Waals surface area contributed by atoms with E-state index >= 15 is 0 Å². The molecule has 7 heteroatoms. The van der Waals surface area contributed by atoms with Gasteiger partial charge in [0.05, 0.1) is 6.54 Å². The van der Waals surface area contributed by atoms with E-state index in [0.29, 0.717) is 12.2 Å². The molecule has 1 heterocycles. The first-order valence-corrected chi connectivity index (χ1v) is 10.3. The Hall–Kier alpha value is -1.60. The molecule has 27 heavy (non-hydrogen) atoms. The Morgan fingerprint density at radius 2 is 1.63 bits per heavy atom. The molecular formula is C20H23ClFN3OS. The summed E-state index contributed by atoms with van der Waals surface area (Å²) in [6, 6.07) is 13.8. The number of piperazine rings is 1. The van der Waals surface area contributed by atoms with Crippen molar-refractivity contribution in [1.82, 2.24) is 9.80 Å². The average molecular weight is 408 g/mol. The van der Waals surface area contributed by atoms with Gasteiger partial charge in [-0.3, -0.25) is 14.6 Å². The summed E-state index contributed by atoms with van der Waals surface area (Å²) in [5.41, 5.74) is 0.624. The number of carbonyl (C=O) groups excluding carboxylic acids is 1. The largest absolute Gasteiger partial charge is 0.325 e. The van der Waals surface area contributed by atoms with Crippen LogP contribution in [0.1, 0.15) is 0 Å². The number of nitrogens with zero attached hydrogens (tertiary/aromatic N) is 2. The predicted octanol–water partition coefficient (Wildman–Crippen LogP) is 3.83. The van der Waals surface area contributed by atoms with E-state index in [-0.39, 0.29) is 11.7 Å². The summed E-state index contributed by atoms with van der Waals surface area (Å²) in [5, 5.41) is 3.57. The van der Waals surface area contributed by atoms with Crippen molar-refractivity contribution in [3.63, 3.8) is 0 Å². The van der Waals surface area contributed by atoms with Crippen molar-refractivity contribution in [1.29, 1.82) is 0 Å². The second kappa shape index (κ2) is 10.1. The Morgan fingerprint density at radius 3 is 2.30 bits per heavy atom. The summed E-state index contributed by atoms with van der Waals surface area (Å²) in [5.74, 6) is 0.666. The molecule has 0 aliphatic carbocycles. The van der Waals surface area contributed by atoms with Gasteiger partial charge in [0.2, 0.25) is 5.91 Å². The molecule has 3 rings (SSSR count). The molecule has 0 saturated carbocycles. The number of amides is 1. The summed E-state index contributed by atoms with van der Waals surface area (Å²) in [4.78, 5) is 17.9. The summed E-state index contributed by atoms with van der Waals surface area (Å²) in [6.45, 7) is 5.08. The number of hydrogen-bond donors (Lipinski definition) is 1.